The van der Waals surface area contributed by atoms with Gasteiger partial charge in [0.2, 0.25) is 5.95 Å². The Bertz CT molecular complexity index is 973. The summed E-state index contributed by atoms with van der Waals surface area (Å²) in [6.45, 7) is 3.17. The molecule has 0 saturated heterocycles. The van der Waals surface area contributed by atoms with Gasteiger partial charge in [-0.25, -0.2) is 9.97 Å². The average Bonchev–Trinajstić information content (AvgIpc) is 2.74. The lowest BCUT2D eigenvalue weighted by Crippen LogP contribution is -2.25. The summed E-state index contributed by atoms with van der Waals surface area (Å²) in [5, 5.41) is 6.04. The molecule has 0 aliphatic heterocycles. The lowest BCUT2D eigenvalue weighted by atomic mass is 10.0. The highest BCUT2D eigenvalue weighted by Crippen LogP contribution is 2.26. The molecule has 0 spiro atoms. The monoisotopic (exact) mass is 391 g/mol. The molecule has 0 saturated carbocycles. The van der Waals surface area contributed by atoms with Crippen molar-refractivity contribution in [3.05, 3.63) is 65.9 Å². The molecule has 0 fully saturated rings. The molecule has 1 aromatic heterocycles. The van der Waals surface area contributed by atoms with Gasteiger partial charge in [0.05, 0.1) is 5.69 Å². The van der Waals surface area contributed by atoms with Crippen LogP contribution in [0.3, 0.4) is 0 Å². The molecular formula is C22H25N5O2. The van der Waals surface area contributed by atoms with Crippen LogP contribution in [0.4, 0.5) is 17.3 Å². The number of hydrogen-bond acceptors (Lipinski definition) is 6. The molecule has 0 bridgehead atoms. The van der Waals surface area contributed by atoms with E-state index in [1.807, 2.05) is 43.3 Å². The number of methoxy groups -OCH3 is 1. The fraction of sp³-hybridized carbons (Fsp3) is 0.227. The van der Waals surface area contributed by atoms with Gasteiger partial charge in [-0.05, 0) is 55.3 Å². The van der Waals surface area contributed by atoms with Crippen molar-refractivity contribution in [3.63, 3.8) is 0 Å². The van der Waals surface area contributed by atoms with Crippen LogP contribution in [-0.2, 0) is 4.74 Å². The predicted octanol–water partition coefficient (Wildman–Crippen LogP) is 3.54. The largest absolute Gasteiger partial charge is 0.398 e. The number of carbonyl (C=O) groups is 1. The third-order valence-electron chi connectivity index (χ3n) is 4.52. The molecular weight excluding hydrogens is 366 g/mol. The topological polar surface area (TPSA) is 102 Å². The molecule has 0 atom stereocenters. The van der Waals surface area contributed by atoms with Crippen LogP contribution in [0.2, 0.25) is 0 Å². The van der Waals surface area contributed by atoms with Crippen LogP contribution >= 0.6 is 0 Å². The van der Waals surface area contributed by atoms with Gasteiger partial charge >= 0.3 is 0 Å². The van der Waals surface area contributed by atoms with Gasteiger partial charge in [-0.2, -0.15) is 0 Å². The Kier molecular flexibility index (Phi) is 6.76. The Morgan fingerprint density at radius 1 is 1.14 bits per heavy atom. The first-order valence-electron chi connectivity index (χ1n) is 9.41. The van der Waals surface area contributed by atoms with Crippen LogP contribution in [0.15, 0.2) is 54.7 Å². The van der Waals surface area contributed by atoms with E-state index in [0.29, 0.717) is 24.7 Å². The summed E-state index contributed by atoms with van der Waals surface area (Å²) in [5.74, 6) is 0.365. The quantitative estimate of drug-likeness (QED) is 0.401. The maximum atomic E-state index is 12.1. The van der Waals surface area contributed by atoms with E-state index in [4.69, 9.17) is 10.5 Å². The minimum Gasteiger partial charge on any atom is -0.398 e. The second-order valence-electron chi connectivity index (χ2n) is 6.59. The van der Waals surface area contributed by atoms with Gasteiger partial charge in [0, 0.05) is 49.0 Å². The van der Waals surface area contributed by atoms with Crippen molar-refractivity contribution in [3.8, 4) is 11.3 Å². The van der Waals surface area contributed by atoms with Crippen molar-refractivity contribution in [2.24, 2.45) is 0 Å². The molecule has 3 aromatic rings. The molecule has 4 N–H and O–H groups in total. The standard InChI is InChI=1S/C22H25N5O2/c1-15-18(5-3-6-19(15)23)20-11-13-25-22(27-20)26-17-9-7-16(8-10-17)21(28)24-12-4-14-29-2/h3,5-11,13H,4,12,14,23H2,1-2H3,(H,24,28)(H,25,26,27). The summed E-state index contributed by atoms with van der Waals surface area (Å²) in [6, 6.07) is 14.8. The normalized spacial score (nSPS) is 10.6. The molecule has 7 nitrogen and oxygen atoms in total. The fourth-order valence-electron chi connectivity index (χ4n) is 2.85. The highest BCUT2D eigenvalue weighted by atomic mass is 16.5. The number of benzene rings is 2. The Morgan fingerprint density at radius 2 is 1.93 bits per heavy atom. The van der Waals surface area contributed by atoms with Gasteiger partial charge in [-0.3, -0.25) is 4.79 Å². The fourth-order valence-corrected chi connectivity index (χ4v) is 2.85. The number of rotatable bonds is 8. The average molecular weight is 391 g/mol. The number of nitrogens with two attached hydrogens (primary N) is 1. The summed E-state index contributed by atoms with van der Waals surface area (Å²) < 4.78 is 4.97. The molecule has 29 heavy (non-hydrogen) atoms. The molecule has 2 aromatic carbocycles. The van der Waals surface area contributed by atoms with Gasteiger partial charge in [-0.15, -0.1) is 0 Å². The van der Waals surface area contributed by atoms with Crippen molar-refractivity contribution in [1.82, 2.24) is 15.3 Å². The molecule has 150 valence electrons. The maximum Gasteiger partial charge on any atom is 0.251 e. The van der Waals surface area contributed by atoms with E-state index in [0.717, 1.165) is 34.6 Å². The molecule has 3 rings (SSSR count). The molecule has 0 aliphatic carbocycles. The van der Waals surface area contributed by atoms with Gasteiger partial charge in [0.25, 0.3) is 5.91 Å². The first-order valence-corrected chi connectivity index (χ1v) is 9.41. The molecule has 0 aliphatic rings. The molecule has 1 amide bonds. The van der Waals surface area contributed by atoms with E-state index >= 15 is 0 Å². The minimum absolute atomic E-state index is 0.108. The van der Waals surface area contributed by atoms with Crippen molar-refractivity contribution < 1.29 is 9.53 Å². The number of aromatic nitrogens is 2. The summed E-state index contributed by atoms with van der Waals surface area (Å²) in [5.41, 5.74) is 10.9. The zero-order valence-corrected chi connectivity index (χ0v) is 16.6. The number of ether oxygens (including phenoxy) is 1. The van der Waals surface area contributed by atoms with Crippen LogP contribution in [0, 0.1) is 6.92 Å². The highest BCUT2D eigenvalue weighted by Gasteiger charge is 2.08. The zero-order valence-electron chi connectivity index (χ0n) is 16.6. The van der Waals surface area contributed by atoms with E-state index in [-0.39, 0.29) is 5.91 Å². The summed E-state index contributed by atoms with van der Waals surface area (Å²) >= 11 is 0. The lowest BCUT2D eigenvalue weighted by Gasteiger charge is -2.10. The summed E-state index contributed by atoms with van der Waals surface area (Å²) in [6.07, 6.45) is 2.48. The number of hydrogen-bond donors (Lipinski definition) is 3. The second-order valence-corrected chi connectivity index (χ2v) is 6.59. The zero-order chi connectivity index (χ0) is 20.6. The third-order valence-corrected chi connectivity index (χ3v) is 4.52. The highest BCUT2D eigenvalue weighted by molar-refractivity contribution is 5.94. The van der Waals surface area contributed by atoms with Crippen molar-refractivity contribution in [1.29, 1.82) is 0 Å². The molecule has 0 radical (unpaired) electrons. The van der Waals surface area contributed by atoms with Crippen LogP contribution in [0.1, 0.15) is 22.3 Å². The van der Waals surface area contributed by atoms with Crippen LogP contribution < -0.4 is 16.4 Å². The first kappa shape index (κ1) is 20.3. The SMILES string of the molecule is COCCCNC(=O)c1ccc(Nc2nccc(-c3cccc(N)c3C)n2)cc1. The van der Waals surface area contributed by atoms with Crippen LogP contribution in [0.5, 0.6) is 0 Å². The van der Waals surface area contributed by atoms with E-state index in [1.165, 1.54) is 0 Å². The van der Waals surface area contributed by atoms with E-state index in [2.05, 4.69) is 20.6 Å². The van der Waals surface area contributed by atoms with Gasteiger partial charge in [-0.1, -0.05) is 12.1 Å². The van der Waals surface area contributed by atoms with Gasteiger partial charge in [0.15, 0.2) is 0 Å². The maximum absolute atomic E-state index is 12.1. The number of nitrogen functional groups attached to an aromatic ring is 1. The van der Waals surface area contributed by atoms with Gasteiger partial charge < -0.3 is 21.1 Å². The number of anilines is 3. The van der Waals surface area contributed by atoms with Crippen LogP contribution in [0.25, 0.3) is 11.3 Å². The third kappa shape index (κ3) is 5.30. The molecule has 7 heteroatoms. The minimum atomic E-state index is -0.108. The van der Waals surface area contributed by atoms with Crippen molar-refractivity contribution in [2.75, 3.05) is 31.3 Å². The second kappa shape index (κ2) is 9.66. The smallest absolute Gasteiger partial charge is 0.251 e. The van der Waals surface area contributed by atoms with Crippen molar-refractivity contribution in [2.45, 2.75) is 13.3 Å². The lowest BCUT2D eigenvalue weighted by molar-refractivity contribution is 0.0948. The van der Waals surface area contributed by atoms with Gasteiger partial charge in [0.1, 0.15) is 0 Å². The predicted molar refractivity (Wildman–Crippen MR) is 115 cm³/mol. The Morgan fingerprint density at radius 3 is 2.69 bits per heavy atom. The Labute approximate surface area is 170 Å². The molecule has 1 heterocycles. The van der Waals surface area contributed by atoms with E-state index < -0.39 is 0 Å². The first-order chi connectivity index (χ1) is 14.1. The number of carbonyl (C=O) groups excluding carboxylic acids is 1. The van der Waals surface area contributed by atoms with Crippen LogP contribution in [-0.4, -0.2) is 36.1 Å². The molecule has 0 unspecified atom stereocenters. The summed E-state index contributed by atoms with van der Waals surface area (Å²) in [7, 11) is 1.64. The number of nitrogens with one attached hydrogen (secondary N) is 2. The van der Waals surface area contributed by atoms with Crippen molar-refractivity contribution >= 4 is 23.2 Å². The van der Waals surface area contributed by atoms with E-state index in [1.54, 1.807) is 25.4 Å². The Balaban J connectivity index is 1.68. The summed E-state index contributed by atoms with van der Waals surface area (Å²) in [4.78, 5) is 21.0. The van der Waals surface area contributed by atoms with E-state index in [9.17, 15) is 4.79 Å². The Hall–Kier alpha value is -3.45. The number of nitrogens with zero attached hydrogens (tertiary/aromatic N) is 2. The number of amides is 1.